The Kier molecular flexibility index (Phi) is 6.79. The van der Waals surface area contributed by atoms with E-state index in [1.54, 1.807) is 13.8 Å². The lowest BCUT2D eigenvalue weighted by Gasteiger charge is -2.09. The molecule has 2 unspecified atom stereocenters. The molecule has 2 atom stereocenters. The third-order valence-electron chi connectivity index (χ3n) is 1.81. The predicted molar refractivity (Wildman–Crippen MR) is 58.6 cm³/mol. The van der Waals surface area contributed by atoms with Crippen LogP contribution in [0.4, 0.5) is 0 Å². The number of esters is 1. The van der Waals surface area contributed by atoms with Gasteiger partial charge < -0.3 is 4.74 Å². The maximum absolute atomic E-state index is 11.4. The summed E-state index contributed by atoms with van der Waals surface area (Å²) in [5.41, 5.74) is 0. The third kappa shape index (κ3) is 7.06. The Bertz CT molecular complexity index is 202. The van der Waals surface area contributed by atoms with Crippen LogP contribution in [-0.4, -0.2) is 27.8 Å². The van der Waals surface area contributed by atoms with Crippen molar-refractivity contribution in [3.63, 3.8) is 0 Å². The average molecular weight is 220 g/mol. The fraction of sp³-hybridized carbons (Fsp3) is 0.900. The van der Waals surface area contributed by atoms with Crippen molar-refractivity contribution in [2.75, 3.05) is 11.5 Å². The number of carbonyl (C=O) groups is 1. The SMILES string of the molecule is CCC(C)CS(=O)CC(=O)OC(C)C. The monoisotopic (exact) mass is 220 g/mol. The molecule has 0 amide bonds. The van der Waals surface area contributed by atoms with E-state index in [9.17, 15) is 9.00 Å². The van der Waals surface area contributed by atoms with Gasteiger partial charge in [-0.3, -0.25) is 9.00 Å². The normalized spacial score (nSPS) is 15.2. The summed E-state index contributed by atoms with van der Waals surface area (Å²) in [5, 5.41) is 0. The van der Waals surface area contributed by atoms with Crippen molar-refractivity contribution in [1.29, 1.82) is 0 Å². The summed E-state index contributed by atoms with van der Waals surface area (Å²) in [7, 11) is -1.07. The first kappa shape index (κ1) is 13.6. The van der Waals surface area contributed by atoms with Crippen LogP contribution in [0.1, 0.15) is 34.1 Å². The molecule has 0 N–H and O–H groups in total. The number of hydrogen-bond acceptors (Lipinski definition) is 3. The maximum Gasteiger partial charge on any atom is 0.318 e. The second-order valence-corrected chi connectivity index (χ2v) is 5.30. The molecule has 0 saturated heterocycles. The fourth-order valence-corrected chi connectivity index (χ4v) is 2.24. The minimum atomic E-state index is -1.07. The van der Waals surface area contributed by atoms with E-state index >= 15 is 0 Å². The van der Waals surface area contributed by atoms with Crippen LogP contribution in [0.15, 0.2) is 0 Å². The van der Waals surface area contributed by atoms with Gasteiger partial charge in [0.15, 0.2) is 0 Å². The Balaban J connectivity index is 3.77. The van der Waals surface area contributed by atoms with E-state index in [-0.39, 0.29) is 17.8 Å². The molecule has 14 heavy (non-hydrogen) atoms. The molecule has 0 bridgehead atoms. The van der Waals surface area contributed by atoms with Gasteiger partial charge >= 0.3 is 5.97 Å². The van der Waals surface area contributed by atoms with E-state index in [0.29, 0.717) is 11.7 Å². The van der Waals surface area contributed by atoms with E-state index in [4.69, 9.17) is 4.74 Å². The largest absolute Gasteiger partial charge is 0.462 e. The van der Waals surface area contributed by atoms with Crippen LogP contribution in [0.25, 0.3) is 0 Å². The van der Waals surface area contributed by atoms with E-state index in [0.717, 1.165) is 6.42 Å². The first-order valence-corrected chi connectivity index (χ1v) is 6.49. The second-order valence-electron chi connectivity index (χ2n) is 3.80. The van der Waals surface area contributed by atoms with Crippen LogP contribution in [0.5, 0.6) is 0 Å². The molecule has 0 fully saturated rings. The van der Waals surface area contributed by atoms with Crippen LogP contribution in [0, 0.1) is 5.92 Å². The predicted octanol–water partition coefficient (Wildman–Crippen LogP) is 1.73. The average Bonchev–Trinajstić information content (AvgIpc) is 2.01. The van der Waals surface area contributed by atoms with Gasteiger partial charge in [-0.05, 0) is 19.8 Å². The summed E-state index contributed by atoms with van der Waals surface area (Å²) in [6.07, 6.45) is 0.869. The van der Waals surface area contributed by atoms with Gasteiger partial charge in [-0.25, -0.2) is 0 Å². The Hall–Kier alpha value is -0.380. The van der Waals surface area contributed by atoms with Gasteiger partial charge in [0.1, 0.15) is 5.75 Å². The second kappa shape index (κ2) is 6.98. The molecule has 0 aromatic carbocycles. The van der Waals surface area contributed by atoms with Crippen molar-refractivity contribution in [3.8, 4) is 0 Å². The Morgan fingerprint density at radius 2 is 1.93 bits per heavy atom. The van der Waals surface area contributed by atoms with Crippen molar-refractivity contribution < 1.29 is 13.7 Å². The Morgan fingerprint density at radius 3 is 2.36 bits per heavy atom. The smallest absolute Gasteiger partial charge is 0.318 e. The number of ether oxygens (including phenoxy) is 1. The summed E-state index contributed by atoms with van der Waals surface area (Å²) in [5.74, 6) is 0.663. The molecule has 0 aliphatic carbocycles. The standard InChI is InChI=1S/C10H20O3S/c1-5-9(4)6-14(12)7-10(11)13-8(2)3/h8-9H,5-7H2,1-4H3. The molecule has 0 aliphatic rings. The highest BCUT2D eigenvalue weighted by Gasteiger charge is 2.12. The molecule has 0 heterocycles. The molecule has 0 saturated carbocycles. The lowest BCUT2D eigenvalue weighted by Crippen LogP contribution is -2.21. The molecule has 84 valence electrons. The maximum atomic E-state index is 11.4. The highest BCUT2D eigenvalue weighted by molar-refractivity contribution is 7.85. The minimum Gasteiger partial charge on any atom is -0.462 e. The highest BCUT2D eigenvalue weighted by atomic mass is 32.2. The first-order chi connectivity index (χ1) is 6.45. The highest BCUT2D eigenvalue weighted by Crippen LogP contribution is 2.03. The van der Waals surface area contributed by atoms with Crippen LogP contribution in [0.3, 0.4) is 0 Å². The quantitative estimate of drug-likeness (QED) is 0.640. The third-order valence-corrected chi connectivity index (χ3v) is 3.31. The van der Waals surface area contributed by atoms with Crippen LogP contribution < -0.4 is 0 Å². The molecule has 0 aromatic heterocycles. The zero-order chi connectivity index (χ0) is 11.1. The van der Waals surface area contributed by atoms with Crippen LogP contribution in [-0.2, 0) is 20.3 Å². The first-order valence-electron chi connectivity index (χ1n) is 5.00. The number of hydrogen-bond donors (Lipinski definition) is 0. The van der Waals surface area contributed by atoms with Crippen molar-refractivity contribution in [3.05, 3.63) is 0 Å². The minimum absolute atomic E-state index is 0.0303. The van der Waals surface area contributed by atoms with Crippen LogP contribution >= 0.6 is 0 Å². The summed E-state index contributed by atoms with van der Waals surface area (Å²) in [6.45, 7) is 7.66. The Labute approximate surface area is 88.7 Å². The molecule has 0 aromatic rings. The summed E-state index contributed by atoms with van der Waals surface area (Å²) >= 11 is 0. The fourth-order valence-electron chi connectivity index (χ4n) is 0.922. The zero-order valence-corrected chi connectivity index (χ0v) is 10.2. The summed E-state index contributed by atoms with van der Waals surface area (Å²) < 4.78 is 16.3. The Morgan fingerprint density at radius 1 is 1.36 bits per heavy atom. The zero-order valence-electron chi connectivity index (χ0n) is 9.41. The number of carbonyl (C=O) groups excluding carboxylic acids is 1. The lowest BCUT2D eigenvalue weighted by atomic mass is 10.2. The molecule has 0 radical (unpaired) electrons. The van der Waals surface area contributed by atoms with Gasteiger partial charge in [0, 0.05) is 16.6 Å². The van der Waals surface area contributed by atoms with Gasteiger partial charge in [0.2, 0.25) is 0 Å². The summed E-state index contributed by atoms with van der Waals surface area (Å²) in [4.78, 5) is 11.1. The van der Waals surface area contributed by atoms with E-state index in [2.05, 4.69) is 0 Å². The number of rotatable bonds is 6. The van der Waals surface area contributed by atoms with Gasteiger partial charge in [-0.1, -0.05) is 20.3 Å². The topological polar surface area (TPSA) is 43.4 Å². The van der Waals surface area contributed by atoms with Crippen LogP contribution in [0.2, 0.25) is 0 Å². The van der Waals surface area contributed by atoms with Crippen molar-refractivity contribution in [2.45, 2.75) is 40.2 Å². The van der Waals surface area contributed by atoms with Crippen molar-refractivity contribution >= 4 is 16.8 Å². The van der Waals surface area contributed by atoms with Crippen molar-refractivity contribution in [1.82, 2.24) is 0 Å². The van der Waals surface area contributed by atoms with Crippen molar-refractivity contribution in [2.24, 2.45) is 5.92 Å². The molecule has 0 spiro atoms. The van der Waals surface area contributed by atoms with E-state index in [1.165, 1.54) is 0 Å². The van der Waals surface area contributed by atoms with Gasteiger partial charge in [0.05, 0.1) is 6.10 Å². The van der Waals surface area contributed by atoms with E-state index in [1.807, 2.05) is 13.8 Å². The molecular formula is C10H20O3S. The van der Waals surface area contributed by atoms with E-state index < -0.39 is 10.8 Å². The molecule has 3 nitrogen and oxygen atoms in total. The van der Waals surface area contributed by atoms with Gasteiger partial charge in [-0.2, -0.15) is 0 Å². The lowest BCUT2D eigenvalue weighted by molar-refractivity contribution is -0.144. The molecule has 0 rings (SSSR count). The van der Waals surface area contributed by atoms with Gasteiger partial charge in [-0.15, -0.1) is 0 Å². The molecule has 0 aliphatic heterocycles. The molecular weight excluding hydrogens is 200 g/mol. The molecule has 4 heteroatoms. The van der Waals surface area contributed by atoms with Gasteiger partial charge in [0.25, 0.3) is 0 Å². The summed E-state index contributed by atoms with van der Waals surface area (Å²) in [6, 6.07) is 0.